The van der Waals surface area contributed by atoms with Crippen molar-refractivity contribution < 1.29 is 37.4 Å². The Kier molecular flexibility index (Phi) is 10.8. The Labute approximate surface area is 242 Å². The number of benzene rings is 1. The topological polar surface area (TPSA) is 164 Å². The summed E-state index contributed by atoms with van der Waals surface area (Å²) < 4.78 is 41.4. The van der Waals surface area contributed by atoms with E-state index in [1.165, 1.54) is 55.1 Å². The van der Waals surface area contributed by atoms with Crippen LogP contribution >= 0.6 is 20.4 Å². The molecule has 1 unspecified atom stereocenters. The fourth-order valence-corrected chi connectivity index (χ4v) is 5.83. The van der Waals surface area contributed by atoms with E-state index < -0.39 is 60.2 Å². The lowest BCUT2D eigenvalue weighted by molar-refractivity contribution is -0.149. The highest BCUT2D eigenvalue weighted by Gasteiger charge is 2.45. The van der Waals surface area contributed by atoms with E-state index in [0.29, 0.717) is 12.0 Å². The zero-order chi connectivity index (χ0) is 30.4. The average molecular weight is 612 g/mol. The van der Waals surface area contributed by atoms with Crippen LogP contribution in [-0.2, 0) is 32.9 Å². The molecule has 0 radical (unpaired) electrons. The minimum absolute atomic E-state index is 0.157. The number of rotatable bonds is 12. The Morgan fingerprint density at radius 3 is 2.54 bits per heavy atom. The van der Waals surface area contributed by atoms with Gasteiger partial charge in [0, 0.05) is 18.3 Å². The van der Waals surface area contributed by atoms with E-state index >= 15 is 0 Å². The Morgan fingerprint density at radius 1 is 1.24 bits per heavy atom. The molecule has 0 spiro atoms. The fourth-order valence-electron chi connectivity index (χ4n) is 3.92. The number of carbonyl (C=O) groups excluding carboxylic acids is 2. The number of thiol groups is 1. The summed E-state index contributed by atoms with van der Waals surface area (Å²) in [6.45, 7) is 6.33. The first-order chi connectivity index (χ1) is 19.2. The number of nitrogens with one attached hydrogen (secondary N) is 2. The van der Waals surface area contributed by atoms with Crippen molar-refractivity contribution in [2.24, 2.45) is 0 Å². The number of carbonyl (C=O) groups is 2. The van der Waals surface area contributed by atoms with Crippen LogP contribution in [0.5, 0.6) is 5.75 Å². The van der Waals surface area contributed by atoms with Crippen LogP contribution in [0.2, 0.25) is 0 Å². The predicted molar refractivity (Wildman–Crippen MR) is 153 cm³/mol. The predicted octanol–water partition coefficient (Wildman–Crippen LogP) is 2.83. The fraction of sp³-hybridized carbons (Fsp3) is 0.462. The van der Waals surface area contributed by atoms with Gasteiger partial charge in [0.15, 0.2) is 6.23 Å². The lowest BCUT2D eigenvalue weighted by Gasteiger charge is -2.25. The van der Waals surface area contributed by atoms with E-state index in [-0.39, 0.29) is 12.4 Å². The van der Waals surface area contributed by atoms with Crippen LogP contribution in [0.1, 0.15) is 45.9 Å². The van der Waals surface area contributed by atoms with Gasteiger partial charge in [0.05, 0.1) is 30.7 Å². The number of hydrogen-bond acceptors (Lipinski definition) is 11. The molecule has 1 aliphatic rings. The number of methoxy groups -OCH3 is 1. The molecule has 224 valence electrons. The van der Waals surface area contributed by atoms with Gasteiger partial charge in [-0.15, -0.1) is 0 Å². The first-order valence-corrected chi connectivity index (χ1v) is 14.7. The zero-order valence-electron chi connectivity index (χ0n) is 23.3. The van der Waals surface area contributed by atoms with Crippen LogP contribution in [0, 0.1) is 0 Å². The summed E-state index contributed by atoms with van der Waals surface area (Å²) in [6.07, 6.45) is 2.45. The van der Waals surface area contributed by atoms with Gasteiger partial charge < -0.3 is 18.7 Å². The van der Waals surface area contributed by atoms with Crippen molar-refractivity contribution in [2.75, 3.05) is 13.7 Å². The lowest BCUT2D eigenvalue weighted by Crippen LogP contribution is -2.37. The van der Waals surface area contributed by atoms with E-state index in [0.717, 1.165) is 0 Å². The maximum atomic E-state index is 13.9. The molecule has 1 aliphatic heterocycles. The lowest BCUT2D eigenvalue weighted by atomic mass is 10.0. The largest absolute Gasteiger partial charge is 0.466 e. The number of aromatic amines is 1. The van der Waals surface area contributed by atoms with Crippen molar-refractivity contribution in [3.05, 3.63) is 69.0 Å². The molecule has 13 nitrogen and oxygen atoms in total. The maximum Gasteiger partial charge on any atom is 0.459 e. The summed E-state index contributed by atoms with van der Waals surface area (Å²) in [7, 11) is -2.94. The van der Waals surface area contributed by atoms with Gasteiger partial charge in [0.2, 0.25) is 0 Å². The third kappa shape index (κ3) is 9.17. The summed E-state index contributed by atoms with van der Waals surface area (Å²) in [5, 5.41) is 2.60. The molecule has 2 heterocycles. The van der Waals surface area contributed by atoms with E-state index in [9.17, 15) is 23.7 Å². The monoisotopic (exact) mass is 611 g/mol. The quantitative estimate of drug-likeness (QED) is 0.140. The average Bonchev–Trinajstić information content (AvgIpc) is 3.20. The van der Waals surface area contributed by atoms with Crippen LogP contribution in [0.15, 0.2) is 52.2 Å². The molecular weight excluding hydrogens is 577 g/mol. The number of ether oxygens (including phenoxy) is 3. The molecule has 1 aromatic heterocycles. The van der Waals surface area contributed by atoms with Gasteiger partial charge in [-0.25, -0.2) is 14.2 Å². The Hall–Kier alpha value is -3.16. The van der Waals surface area contributed by atoms with Crippen molar-refractivity contribution in [1.82, 2.24) is 14.6 Å². The second-order valence-electron chi connectivity index (χ2n) is 9.84. The summed E-state index contributed by atoms with van der Waals surface area (Å²) in [5.74, 6) is -1.02. The van der Waals surface area contributed by atoms with Crippen LogP contribution in [0.3, 0.4) is 0 Å². The summed E-state index contributed by atoms with van der Waals surface area (Å²) in [5.41, 5.74) is -0.564. The van der Waals surface area contributed by atoms with Crippen molar-refractivity contribution in [3.8, 4) is 5.75 Å². The Morgan fingerprint density at radius 2 is 1.93 bits per heavy atom. The molecular formula is C26H34N3O10PS. The highest BCUT2D eigenvalue weighted by atomic mass is 32.1. The first kappa shape index (κ1) is 32.4. The molecule has 15 heteroatoms. The molecule has 0 amide bonds. The SMILES string of the molecule is COC(=O)/C=C/c1ccc(OP(=O)(N[C@@H](C)C(=O)OC(C)C)OC[C@@H]2C[C@@](C)(S)[C@H](n3ccc(=O)[nH]c3=O)O2)cc1. The Balaban J connectivity index is 1.77. The number of esters is 2. The van der Waals surface area contributed by atoms with Crippen LogP contribution in [0.25, 0.3) is 6.08 Å². The number of hydrogen-bond donors (Lipinski definition) is 3. The highest BCUT2D eigenvalue weighted by molar-refractivity contribution is 7.81. The van der Waals surface area contributed by atoms with Crippen LogP contribution < -0.4 is 20.9 Å². The molecule has 1 aromatic carbocycles. The molecule has 41 heavy (non-hydrogen) atoms. The molecule has 2 N–H and O–H groups in total. The number of nitrogens with zero attached hydrogens (tertiary/aromatic N) is 1. The molecule has 0 saturated carbocycles. The second kappa shape index (κ2) is 13.7. The maximum absolute atomic E-state index is 13.9. The Bertz CT molecular complexity index is 1420. The van der Waals surface area contributed by atoms with Crippen molar-refractivity contribution in [1.29, 1.82) is 0 Å². The molecule has 5 atom stereocenters. The minimum Gasteiger partial charge on any atom is -0.466 e. The van der Waals surface area contributed by atoms with Gasteiger partial charge in [-0.2, -0.15) is 17.7 Å². The normalized spacial score (nSPS) is 22.8. The van der Waals surface area contributed by atoms with Gasteiger partial charge in [-0.1, -0.05) is 12.1 Å². The van der Waals surface area contributed by atoms with Gasteiger partial charge in [0.25, 0.3) is 5.56 Å². The molecule has 2 aromatic rings. The summed E-state index contributed by atoms with van der Waals surface area (Å²) >= 11 is 4.65. The smallest absolute Gasteiger partial charge is 0.459 e. The van der Waals surface area contributed by atoms with E-state index in [4.69, 9.17) is 18.5 Å². The van der Waals surface area contributed by atoms with Gasteiger partial charge in [0.1, 0.15) is 11.8 Å². The van der Waals surface area contributed by atoms with E-state index in [1.807, 2.05) is 0 Å². The van der Waals surface area contributed by atoms with Gasteiger partial charge >= 0.3 is 25.4 Å². The zero-order valence-corrected chi connectivity index (χ0v) is 25.1. The molecule has 0 bridgehead atoms. The third-order valence-electron chi connectivity index (χ3n) is 5.80. The minimum atomic E-state index is -4.21. The molecule has 0 aliphatic carbocycles. The highest BCUT2D eigenvalue weighted by Crippen LogP contribution is 2.48. The van der Waals surface area contributed by atoms with Crippen molar-refractivity contribution in [2.45, 2.75) is 63.3 Å². The molecule has 1 saturated heterocycles. The van der Waals surface area contributed by atoms with Crippen molar-refractivity contribution >= 4 is 38.4 Å². The van der Waals surface area contributed by atoms with E-state index in [2.05, 4.69) is 27.4 Å². The third-order valence-corrected chi connectivity index (χ3v) is 7.85. The first-order valence-electron chi connectivity index (χ1n) is 12.7. The van der Waals surface area contributed by atoms with Gasteiger partial charge in [-0.3, -0.25) is 23.7 Å². The van der Waals surface area contributed by atoms with Crippen LogP contribution in [0.4, 0.5) is 0 Å². The molecule has 3 rings (SSSR count). The summed E-state index contributed by atoms with van der Waals surface area (Å²) in [6, 6.07) is 6.40. The van der Waals surface area contributed by atoms with E-state index in [1.54, 1.807) is 32.9 Å². The second-order valence-corrected chi connectivity index (χ2v) is 12.6. The number of H-pyrrole nitrogens is 1. The van der Waals surface area contributed by atoms with Gasteiger partial charge in [-0.05, 0) is 57.9 Å². The standard InChI is InChI=1S/C26H34N3O10PS/c1-16(2)37-23(32)17(3)28-40(34,39-19-9-6-18(7-10-19)8-11-22(31)35-5)36-15-20-14-26(4,41)24(38-20)29-13-12-21(30)27-25(29)33/h6-13,16-17,20,24,41H,14-15H2,1-5H3,(H,28,34)(H,27,30,33)/b11-8+/t17-,20-,24+,26+,40?/m0/s1. The van der Waals surface area contributed by atoms with Crippen molar-refractivity contribution in [3.63, 3.8) is 0 Å². The molecule has 1 fully saturated rings. The van der Waals surface area contributed by atoms with Crippen LogP contribution in [-0.4, -0.2) is 58.2 Å². The number of aromatic nitrogens is 2. The summed E-state index contributed by atoms with van der Waals surface area (Å²) in [4.78, 5) is 49.8.